The highest BCUT2D eigenvalue weighted by atomic mass is 16.1. The molecule has 0 aromatic carbocycles. The molecule has 0 atom stereocenters. The number of hydrogen-bond acceptors (Lipinski definition) is 2. The van der Waals surface area contributed by atoms with Gasteiger partial charge < -0.3 is 9.80 Å². The number of likely N-dealkylation sites (N-methyl/N-ethyl adjacent to an activating group) is 1. The second-order valence-electron chi connectivity index (χ2n) is 3.80. The van der Waals surface area contributed by atoms with E-state index >= 15 is 0 Å². The Bertz CT molecular complexity index is 175. The van der Waals surface area contributed by atoms with E-state index in [0.29, 0.717) is 0 Å². The Morgan fingerprint density at radius 2 is 2.18 bits per heavy atom. The summed E-state index contributed by atoms with van der Waals surface area (Å²) in [4.78, 5) is 14.9. The van der Waals surface area contributed by atoms with Crippen molar-refractivity contribution in [3.8, 4) is 0 Å². The minimum atomic E-state index is 0.247. The Balaban J connectivity index is 2.07. The third-order valence-electron chi connectivity index (χ3n) is 2.91. The second-order valence-corrected chi connectivity index (χ2v) is 3.80. The maximum absolute atomic E-state index is 10.6. The van der Waals surface area contributed by atoms with E-state index in [2.05, 4.69) is 11.9 Å². The van der Waals surface area contributed by atoms with Crippen LogP contribution in [0.15, 0.2) is 0 Å². The van der Waals surface area contributed by atoms with Crippen molar-refractivity contribution in [3.05, 3.63) is 0 Å². The van der Waals surface area contributed by atoms with E-state index in [9.17, 15) is 4.79 Å². The average Bonchev–Trinajstić information content (AvgIpc) is 2.31. The first kappa shape index (κ1) is 7.10. The molecule has 0 aromatic heterocycles. The molecule has 0 aliphatic carbocycles. The maximum Gasteiger partial charge on any atom is 0.210 e. The van der Waals surface area contributed by atoms with Gasteiger partial charge in [-0.2, -0.15) is 0 Å². The molecule has 3 nitrogen and oxygen atoms in total. The first-order valence-corrected chi connectivity index (χ1v) is 4.17. The topological polar surface area (TPSA) is 23.6 Å². The number of rotatable bonds is 1. The zero-order valence-electron chi connectivity index (χ0n) is 6.92. The third kappa shape index (κ3) is 0.872. The van der Waals surface area contributed by atoms with Crippen molar-refractivity contribution in [2.45, 2.75) is 18.4 Å². The lowest BCUT2D eigenvalue weighted by molar-refractivity contribution is -0.127. The van der Waals surface area contributed by atoms with Crippen molar-refractivity contribution in [3.63, 3.8) is 0 Å². The summed E-state index contributed by atoms with van der Waals surface area (Å²) in [6.07, 6.45) is 3.41. The largest absolute Gasteiger partial charge is 0.337 e. The van der Waals surface area contributed by atoms with Gasteiger partial charge in [0, 0.05) is 19.6 Å². The van der Waals surface area contributed by atoms with Crippen molar-refractivity contribution in [2.75, 3.05) is 26.7 Å². The second kappa shape index (κ2) is 2.21. The standard InChI is InChI=1S/C8H14N2O/c1-9-5-8(6-9)3-2-4-10(8)7-11/h7H,2-6H2,1H3. The van der Waals surface area contributed by atoms with Crippen LogP contribution in [-0.4, -0.2) is 48.4 Å². The maximum atomic E-state index is 10.6. The van der Waals surface area contributed by atoms with Crippen LogP contribution in [-0.2, 0) is 4.79 Å². The Kier molecular flexibility index (Phi) is 1.42. The van der Waals surface area contributed by atoms with Gasteiger partial charge in [-0.05, 0) is 19.9 Å². The van der Waals surface area contributed by atoms with Gasteiger partial charge in [0.05, 0.1) is 5.54 Å². The molecule has 2 rings (SSSR count). The molecule has 1 amide bonds. The van der Waals surface area contributed by atoms with E-state index in [4.69, 9.17) is 0 Å². The zero-order valence-corrected chi connectivity index (χ0v) is 6.92. The lowest BCUT2D eigenvalue weighted by Crippen LogP contribution is -2.66. The van der Waals surface area contributed by atoms with Gasteiger partial charge in [-0.25, -0.2) is 0 Å². The van der Waals surface area contributed by atoms with Crippen LogP contribution in [0.1, 0.15) is 12.8 Å². The Morgan fingerprint density at radius 3 is 2.73 bits per heavy atom. The predicted molar refractivity (Wildman–Crippen MR) is 42.2 cm³/mol. The molecule has 2 aliphatic heterocycles. The summed E-state index contributed by atoms with van der Waals surface area (Å²) in [5, 5.41) is 0. The average molecular weight is 154 g/mol. The summed E-state index contributed by atoms with van der Waals surface area (Å²) in [6.45, 7) is 3.12. The highest BCUT2D eigenvalue weighted by Gasteiger charge is 2.48. The number of amides is 1. The highest BCUT2D eigenvalue weighted by molar-refractivity contribution is 5.50. The van der Waals surface area contributed by atoms with Gasteiger partial charge in [0.25, 0.3) is 0 Å². The SMILES string of the molecule is CN1CC2(CCCN2C=O)C1. The number of carbonyl (C=O) groups excluding carboxylic acids is 1. The van der Waals surface area contributed by atoms with Crippen molar-refractivity contribution in [1.29, 1.82) is 0 Å². The van der Waals surface area contributed by atoms with Crippen LogP contribution in [0, 0.1) is 0 Å². The minimum Gasteiger partial charge on any atom is -0.337 e. The monoisotopic (exact) mass is 154 g/mol. The molecule has 0 N–H and O–H groups in total. The van der Waals surface area contributed by atoms with Gasteiger partial charge in [0.1, 0.15) is 0 Å². The summed E-state index contributed by atoms with van der Waals surface area (Å²) < 4.78 is 0. The van der Waals surface area contributed by atoms with Crippen LogP contribution in [0.3, 0.4) is 0 Å². The van der Waals surface area contributed by atoms with Gasteiger partial charge in [-0.3, -0.25) is 4.79 Å². The van der Waals surface area contributed by atoms with E-state index in [1.807, 2.05) is 4.90 Å². The zero-order chi connectivity index (χ0) is 7.90. The first-order chi connectivity index (χ1) is 5.27. The van der Waals surface area contributed by atoms with Gasteiger partial charge in [0.15, 0.2) is 0 Å². The molecule has 2 fully saturated rings. The summed E-state index contributed by atoms with van der Waals surface area (Å²) in [5.74, 6) is 0. The predicted octanol–water partition coefficient (Wildman–Crippen LogP) is -0.0772. The van der Waals surface area contributed by atoms with Crippen molar-refractivity contribution >= 4 is 6.41 Å². The van der Waals surface area contributed by atoms with Crippen LogP contribution >= 0.6 is 0 Å². The normalized spacial score (nSPS) is 29.0. The molecule has 0 radical (unpaired) electrons. The molecule has 0 aromatic rings. The molecular weight excluding hydrogens is 140 g/mol. The molecule has 2 saturated heterocycles. The fourth-order valence-corrected chi connectivity index (χ4v) is 2.42. The van der Waals surface area contributed by atoms with Gasteiger partial charge >= 0.3 is 0 Å². The van der Waals surface area contributed by atoms with E-state index in [0.717, 1.165) is 26.0 Å². The van der Waals surface area contributed by atoms with Gasteiger partial charge in [0.2, 0.25) is 6.41 Å². The van der Waals surface area contributed by atoms with Crippen molar-refractivity contribution < 1.29 is 4.79 Å². The first-order valence-electron chi connectivity index (χ1n) is 4.17. The lowest BCUT2D eigenvalue weighted by atomic mass is 9.88. The fraction of sp³-hybridized carbons (Fsp3) is 0.875. The summed E-state index contributed by atoms with van der Waals surface area (Å²) in [5.41, 5.74) is 0.247. The van der Waals surface area contributed by atoms with Crippen LogP contribution < -0.4 is 0 Å². The molecule has 0 unspecified atom stereocenters. The number of hydrogen-bond donors (Lipinski definition) is 0. The third-order valence-corrected chi connectivity index (χ3v) is 2.91. The van der Waals surface area contributed by atoms with Crippen molar-refractivity contribution in [1.82, 2.24) is 9.80 Å². The molecule has 11 heavy (non-hydrogen) atoms. The number of nitrogens with zero attached hydrogens (tertiary/aromatic N) is 2. The molecule has 2 heterocycles. The lowest BCUT2D eigenvalue weighted by Gasteiger charge is -2.50. The van der Waals surface area contributed by atoms with Crippen LogP contribution in [0.2, 0.25) is 0 Å². The molecule has 1 spiro atoms. The summed E-state index contributed by atoms with van der Waals surface area (Å²) in [7, 11) is 2.10. The summed E-state index contributed by atoms with van der Waals surface area (Å²) in [6, 6.07) is 0. The van der Waals surface area contributed by atoms with E-state index in [1.165, 1.54) is 12.8 Å². The van der Waals surface area contributed by atoms with Crippen LogP contribution in [0.5, 0.6) is 0 Å². The highest BCUT2D eigenvalue weighted by Crippen LogP contribution is 2.35. The number of likely N-dealkylation sites (tertiary alicyclic amines) is 2. The van der Waals surface area contributed by atoms with E-state index < -0.39 is 0 Å². The van der Waals surface area contributed by atoms with Crippen LogP contribution in [0.4, 0.5) is 0 Å². The Hall–Kier alpha value is -0.570. The quantitative estimate of drug-likeness (QED) is 0.493. The molecule has 62 valence electrons. The molecular formula is C8H14N2O. The van der Waals surface area contributed by atoms with E-state index in [-0.39, 0.29) is 5.54 Å². The van der Waals surface area contributed by atoms with Crippen LogP contribution in [0.25, 0.3) is 0 Å². The molecule has 0 bridgehead atoms. The molecule has 0 saturated carbocycles. The van der Waals surface area contributed by atoms with E-state index in [1.54, 1.807) is 0 Å². The fourth-order valence-electron chi connectivity index (χ4n) is 2.42. The summed E-state index contributed by atoms with van der Waals surface area (Å²) >= 11 is 0. The van der Waals surface area contributed by atoms with Gasteiger partial charge in [-0.15, -0.1) is 0 Å². The smallest absolute Gasteiger partial charge is 0.210 e. The van der Waals surface area contributed by atoms with Gasteiger partial charge in [-0.1, -0.05) is 0 Å². The Labute approximate surface area is 67.0 Å². The number of carbonyl (C=O) groups is 1. The molecule has 3 heteroatoms. The Morgan fingerprint density at radius 1 is 1.45 bits per heavy atom. The molecule has 2 aliphatic rings. The van der Waals surface area contributed by atoms with Crippen molar-refractivity contribution in [2.24, 2.45) is 0 Å². The minimum absolute atomic E-state index is 0.247.